The molecule has 164 valence electrons. The number of ether oxygens (including phenoxy) is 5. The average molecular weight is 434 g/mol. The number of thiocarbonyl (C=S) groups is 1. The zero-order valence-corrected chi connectivity index (χ0v) is 17.9. The predicted octanol–water partition coefficient (Wildman–Crippen LogP) is -0.494. The molecule has 1 aliphatic heterocycles. The van der Waals surface area contributed by atoms with Crippen molar-refractivity contribution in [1.29, 1.82) is 0 Å². The average Bonchev–Trinajstić information content (AvgIpc) is 2.56. The van der Waals surface area contributed by atoms with Gasteiger partial charge in [-0.25, -0.2) is 0 Å². The number of carbonyl (C=O) groups excluding carboxylic acids is 4. The molecule has 1 heterocycles. The van der Waals surface area contributed by atoms with Crippen molar-refractivity contribution in [3.05, 3.63) is 0 Å². The molecule has 0 aromatic carbocycles. The van der Waals surface area contributed by atoms with Crippen LogP contribution < -0.4 is 5.32 Å². The quantitative estimate of drug-likeness (QED) is 0.329. The molecule has 0 amide bonds. The molecule has 0 bridgehead atoms. The van der Waals surface area contributed by atoms with Crippen molar-refractivity contribution in [2.75, 3.05) is 20.7 Å². The maximum Gasteiger partial charge on any atom is 0.303 e. The molecule has 0 radical (unpaired) electrons. The monoisotopic (exact) mass is 434 g/mol. The molecule has 1 rings (SSSR count). The van der Waals surface area contributed by atoms with Gasteiger partial charge in [-0.05, 0) is 12.2 Å². The van der Waals surface area contributed by atoms with Crippen molar-refractivity contribution in [1.82, 2.24) is 10.2 Å². The van der Waals surface area contributed by atoms with Crippen LogP contribution in [-0.2, 0) is 42.9 Å². The van der Waals surface area contributed by atoms with Crippen LogP contribution in [0.4, 0.5) is 0 Å². The Morgan fingerprint density at radius 1 is 0.862 bits per heavy atom. The topological polar surface area (TPSA) is 130 Å². The number of nitrogens with zero attached hydrogens (tertiary/aromatic N) is 1. The second-order valence-electron chi connectivity index (χ2n) is 6.46. The van der Waals surface area contributed by atoms with Gasteiger partial charge in [-0.2, -0.15) is 0 Å². The first-order valence-corrected chi connectivity index (χ1v) is 9.11. The number of carbonyl (C=O) groups is 4. The van der Waals surface area contributed by atoms with E-state index in [1.807, 2.05) is 0 Å². The van der Waals surface area contributed by atoms with Gasteiger partial charge in [0.05, 0.1) is 0 Å². The number of rotatable bonds is 6. The molecule has 29 heavy (non-hydrogen) atoms. The maximum atomic E-state index is 11.7. The van der Waals surface area contributed by atoms with Gasteiger partial charge >= 0.3 is 23.9 Å². The third-order valence-electron chi connectivity index (χ3n) is 3.66. The second kappa shape index (κ2) is 10.9. The standard InChI is InChI=1S/C17H26N2O9S/c1-8(20)24-7-12-13(25-9(2)21)14(26-10(3)22)15(27-11(4)23)16(28-12)18-17(29)19(5)6/h12-16H,7H2,1-6H3,(H,18,29)/t12-,13+,14+,15-,16-/m1/s1. The van der Waals surface area contributed by atoms with E-state index in [0.29, 0.717) is 0 Å². The number of hydrogen-bond donors (Lipinski definition) is 1. The van der Waals surface area contributed by atoms with Crippen molar-refractivity contribution < 1.29 is 42.9 Å². The summed E-state index contributed by atoms with van der Waals surface area (Å²) >= 11 is 5.21. The molecule has 0 aromatic heterocycles. The molecular weight excluding hydrogens is 408 g/mol. The lowest BCUT2D eigenvalue weighted by Gasteiger charge is -2.44. The van der Waals surface area contributed by atoms with Crippen molar-refractivity contribution in [3.8, 4) is 0 Å². The zero-order valence-electron chi connectivity index (χ0n) is 17.1. The highest BCUT2D eigenvalue weighted by Gasteiger charge is 2.52. The van der Waals surface area contributed by atoms with E-state index in [9.17, 15) is 19.2 Å². The van der Waals surface area contributed by atoms with Crippen LogP contribution in [0, 0.1) is 0 Å². The van der Waals surface area contributed by atoms with Crippen LogP contribution >= 0.6 is 12.2 Å². The lowest BCUT2D eigenvalue weighted by molar-refractivity contribution is -0.255. The van der Waals surface area contributed by atoms with Crippen molar-refractivity contribution in [3.63, 3.8) is 0 Å². The summed E-state index contributed by atoms with van der Waals surface area (Å²) in [6.07, 6.45) is -5.75. The first-order valence-electron chi connectivity index (χ1n) is 8.70. The van der Waals surface area contributed by atoms with Gasteiger partial charge in [-0.1, -0.05) is 0 Å². The summed E-state index contributed by atoms with van der Waals surface area (Å²) in [4.78, 5) is 47.8. The second-order valence-corrected chi connectivity index (χ2v) is 6.85. The minimum Gasteiger partial charge on any atom is -0.463 e. The molecule has 1 saturated heterocycles. The van der Waals surface area contributed by atoms with Crippen molar-refractivity contribution >= 4 is 41.2 Å². The molecule has 1 N–H and O–H groups in total. The molecule has 0 saturated carbocycles. The molecule has 0 aromatic rings. The van der Waals surface area contributed by atoms with E-state index in [-0.39, 0.29) is 11.7 Å². The zero-order chi connectivity index (χ0) is 22.3. The van der Waals surface area contributed by atoms with Gasteiger partial charge in [-0.15, -0.1) is 0 Å². The predicted molar refractivity (Wildman–Crippen MR) is 101 cm³/mol. The van der Waals surface area contributed by atoms with Crippen molar-refractivity contribution in [2.24, 2.45) is 0 Å². The minimum atomic E-state index is -1.24. The number of hydrogen-bond acceptors (Lipinski definition) is 10. The Morgan fingerprint density at radius 2 is 1.34 bits per heavy atom. The van der Waals surface area contributed by atoms with Crippen LogP contribution in [0.15, 0.2) is 0 Å². The molecule has 11 nitrogen and oxygen atoms in total. The Kier molecular flexibility index (Phi) is 9.24. The van der Waals surface area contributed by atoms with E-state index in [1.165, 1.54) is 6.92 Å². The lowest BCUT2D eigenvalue weighted by atomic mass is 9.97. The Morgan fingerprint density at radius 3 is 1.79 bits per heavy atom. The maximum absolute atomic E-state index is 11.7. The van der Waals surface area contributed by atoms with Crippen LogP contribution in [0.5, 0.6) is 0 Å². The number of esters is 4. The Bertz CT molecular complexity index is 655. The highest BCUT2D eigenvalue weighted by molar-refractivity contribution is 7.80. The van der Waals surface area contributed by atoms with E-state index in [2.05, 4.69) is 5.32 Å². The van der Waals surface area contributed by atoms with E-state index in [1.54, 1.807) is 19.0 Å². The molecular formula is C17H26N2O9S. The van der Waals surface area contributed by atoms with Crippen LogP contribution in [-0.4, -0.2) is 85.2 Å². The van der Waals surface area contributed by atoms with Crippen molar-refractivity contribution in [2.45, 2.75) is 58.3 Å². The van der Waals surface area contributed by atoms with Gasteiger partial charge in [0, 0.05) is 41.8 Å². The lowest BCUT2D eigenvalue weighted by Crippen LogP contribution is -2.66. The molecule has 1 aliphatic rings. The van der Waals surface area contributed by atoms with E-state index >= 15 is 0 Å². The third kappa shape index (κ3) is 7.81. The highest BCUT2D eigenvalue weighted by atomic mass is 32.1. The fraction of sp³-hybridized carbons (Fsp3) is 0.706. The summed E-state index contributed by atoms with van der Waals surface area (Å²) in [5.41, 5.74) is 0. The highest BCUT2D eigenvalue weighted by Crippen LogP contribution is 2.28. The normalized spacial score (nSPS) is 25.9. The Hall–Kier alpha value is -2.47. The molecule has 1 fully saturated rings. The van der Waals surface area contributed by atoms with Crippen LogP contribution in [0.2, 0.25) is 0 Å². The minimum absolute atomic E-state index is 0.242. The molecule has 5 atom stereocenters. The Balaban J connectivity index is 3.33. The van der Waals surface area contributed by atoms with E-state index in [0.717, 1.165) is 20.8 Å². The van der Waals surface area contributed by atoms with Gasteiger partial charge in [-0.3, -0.25) is 19.2 Å². The molecule has 0 spiro atoms. The van der Waals surface area contributed by atoms with Crippen LogP contribution in [0.25, 0.3) is 0 Å². The fourth-order valence-corrected chi connectivity index (χ4v) is 2.71. The van der Waals surface area contributed by atoms with Crippen LogP contribution in [0.1, 0.15) is 27.7 Å². The van der Waals surface area contributed by atoms with Gasteiger partial charge in [0.25, 0.3) is 0 Å². The Labute approximate surface area is 173 Å². The van der Waals surface area contributed by atoms with Gasteiger partial charge < -0.3 is 33.9 Å². The third-order valence-corrected chi connectivity index (χ3v) is 4.15. The van der Waals surface area contributed by atoms with Gasteiger partial charge in [0.1, 0.15) is 12.7 Å². The fourth-order valence-electron chi connectivity index (χ4n) is 2.60. The van der Waals surface area contributed by atoms with Crippen LogP contribution in [0.3, 0.4) is 0 Å². The summed E-state index contributed by atoms with van der Waals surface area (Å²) in [5, 5.41) is 3.10. The number of nitrogens with one attached hydrogen (secondary N) is 1. The van der Waals surface area contributed by atoms with Gasteiger partial charge in [0.15, 0.2) is 29.7 Å². The molecule has 12 heteroatoms. The van der Waals surface area contributed by atoms with E-state index < -0.39 is 54.5 Å². The SMILES string of the molecule is CC(=O)OC[C@H]1O[C@@H](NC(=S)N(C)C)[C@H](OC(C)=O)[C@@H](OC(C)=O)[C@H]1OC(C)=O. The smallest absolute Gasteiger partial charge is 0.303 e. The molecule has 0 unspecified atom stereocenters. The molecule has 0 aliphatic carbocycles. The first-order chi connectivity index (χ1) is 13.4. The summed E-state index contributed by atoms with van der Waals surface area (Å²) in [6, 6.07) is 0. The van der Waals surface area contributed by atoms with E-state index in [4.69, 9.17) is 35.9 Å². The summed E-state index contributed by atoms with van der Waals surface area (Å²) in [7, 11) is 3.36. The summed E-state index contributed by atoms with van der Waals surface area (Å²) in [5.74, 6) is -2.67. The summed E-state index contributed by atoms with van der Waals surface area (Å²) < 4.78 is 26.7. The van der Waals surface area contributed by atoms with Gasteiger partial charge in [0.2, 0.25) is 0 Å². The largest absolute Gasteiger partial charge is 0.463 e. The summed E-state index contributed by atoms with van der Waals surface area (Å²) in [6.45, 7) is 4.37. The first kappa shape index (κ1) is 24.6.